The van der Waals surface area contributed by atoms with Gasteiger partial charge in [0.05, 0.1) is 99.9 Å². The van der Waals surface area contributed by atoms with Crippen molar-refractivity contribution in [3.05, 3.63) is 0 Å². The molecule has 0 radical (unpaired) electrons. The van der Waals surface area contributed by atoms with Crippen molar-refractivity contribution < 1.29 is 97.0 Å². The number of likely N-dealkylation sites (tertiary alicyclic amines) is 4. The summed E-state index contributed by atoms with van der Waals surface area (Å²) >= 11 is 0. The number of aliphatic hydroxyl groups is 19. The minimum Gasteiger partial charge on any atom is -0.395 e. The second-order valence-corrected chi connectivity index (χ2v) is 17.7. The third kappa shape index (κ3) is 17.7. The highest BCUT2D eigenvalue weighted by molar-refractivity contribution is 4.96. The maximum atomic E-state index is 9.67. The standard InChI is InChI=1S/C10H21NO4.C9H19NO4.C8H17NO4.C7H15NO4.C7H15NO3/c1-2-3-4-11-5-8(13)10(15)9(14)7(11)6-12;1-2-3-10-4-7(12)9(14)8(13)6(10)5-11;1-2-9-3-6(11)8(13)7(12)5(9)4-10;1-8-2-5(10)7(12)6(11)4(8)3-9;1-4-2-8-5(3-9)7(11)6(4)10/h7-10,12-15H,2-6H2,1H3;6-9,11-14H,2-5H2,1H3;5-8,10-13H,2-4H2,1H3;4-7,9-12H,2-3H2,1H3;4-11H,2-3H2,1H3/t7?,8?,9-,10-;6?,7?,8-,9-;5?,6?,7-,8-;2*4?,5?,6-,7-/m00000/s1. The Morgan fingerprint density at radius 1 is 0.415 bits per heavy atom. The molecule has 0 bridgehead atoms. The summed E-state index contributed by atoms with van der Waals surface area (Å²) < 4.78 is 0. The van der Waals surface area contributed by atoms with Gasteiger partial charge in [0, 0.05) is 32.7 Å². The third-order valence-corrected chi connectivity index (χ3v) is 13.0. The van der Waals surface area contributed by atoms with Gasteiger partial charge in [0.25, 0.3) is 0 Å². The molecule has 20 N–H and O–H groups in total. The fourth-order valence-electron chi connectivity index (χ4n) is 8.49. The Morgan fingerprint density at radius 3 is 1.15 bits per heavy atom. The Labute approximate surface area is 382 Å². The van der Waals surface area contributed by atoms with Crippen molar-refractivity contribution in [3.8, 4) is 0 Å². The molecule has 5 heterocycles. The molecule has 0 amide bonds. The van der Waals surface area contributed by atoms with E-state index in [-0.39, 0.29) is 51.5 Å². The Morgan fingerprint density at radius 2 is 0.785 bits per heavy atom. The topological polar surface area (TPSA) is 409 Å². The Kier molecular flexibility index (Phi) is 29.9. The summed E-state index contributed by atoms with van der Waals surface area (Å²) in [5.74, 6) is 0.0489. The predicted octanol–water partition coefficient (Wildman–Crippen LogP) is -9.85. The van der Waals surface area contributed by atoms with Gasteiger partial charge in [-0.15, -0.1) is 0 Å². The van der Waals surface area contributed by atoms with Gasteiger partial charge in [-0.2, -0.15) is 0 Å². The van der Waals surface area contributed by atoms with Crippen molar-refractivity contribution in [1.82, 2.24) is 24.9 Å². The molecule has 24 nitrogen and oxygen atoms in total. The van der Waals surface area contributed by atoms with E-state index in [2.05, 4.69) is 12.2 Å². The average Bonchev–Trinajstić information content (AvgIpc) is 3.28. The van der Waals surface area contributed by atoms with Crippen LogP contribution < -0.4 is 5.32 Å². The SMILES string of the molecule is CC1CNC(CO)[C@H](O)[C@H]1O.CCCCN1CC(O)[C@H](O)[C@@H](O)C1CO.CCCN1CC(O)[C@H](O)[C@@H](O)C1CO.CCN1CC(O)[C@H](O)[C@@H](O)C1CO.CN1CC(O)[C@H](O)[C@@H](O)C1CO. The van der Waals surface area contributed by atoms with Crippen LogP contribution in [0.25, 0.3) is 0 Å². The molecule has 0 aromatic heterocycles. The lowest BCUT2D eigenvalue weighted by atomic mass is 9.91. The summed E-state index contributed by atoms with van der Waals surface area (Å²) in [5.41, 5.74) is 0. The Bertz CT molecular complexity index is 1230. The van der Waals surface area contributed by atoms with E-state index in [1.807, 2.05) is 30.6 Å². The largest absolute Gasteiger partial charge is 0.395 e. The number of piperidine rings is 5. The molecule has 65 heavy (non-hydrogen) atoms. The summed E-state index contributed by atoms with van der Waals surface area (Å²) in [7, 11) is 1.68. The molecule has 5 aliphatic rings. The summed E-state index contributed by atoms with van der Waals surface area (Å²) in [6.07, 6.45) is -11.4. The van der Waals surface area contributed by atoms with Crippen molar-refractivity contribution >= 4 is 0 Å². The molecule has 24 heteroatoms. The number of unbranched alkanes of at least 4 members (excludes halogenated alkanes) is 1. The van der Waals surface area contributed by atoms with Crippen molar-refractivity contribution in [2.24, 2.45) is 5.92 Å². The van der Waals surface area contributed by atoms with Crippen LogP contribution in [-0.4, -0.2) is 325 Å². The van der Waals surface area contributed by atoms with Gasteiger partial charge in [-0.1, -0.05) is 34.1 Å². The van der Waals surface area contributed by atoms with Crippen LogP contribution in [0.4, 0.5) is 0 Å². The van der Waals surface area contributed by atoms with Crippen LogP contribution in [0.2, 0.25) is 0 Å². The van der Waals surface area contributed by atoms with Crippen molar-refractivity contribution in [1.29, 1.82) is 0 Å². The molecule has 0 aromatic rings. The van der Waals surface area contributed by atoms with E-state index < -0.39 is 110 Å². The van der Waals surface area contributed by atoms with Gasteiger partial charge in [-0.05, 0) is 45.4 Å². The van der Waals surface area contributed by atoms with E-state index in [9.17, 15) is 71.5 Å². The highest BCUT2D eigenvalue weighted by Crippen LogP contribution is 2.22. The van der Waals surface area contributed by atoms with E-state index in [0.717, 1.165) is 25.8 Å². The first kappa shape index (κ1) is 62.1. The van der Waals surface area contributed by atoms with E-state index in [0.29, 0.717) is 39.3 Å². The fourth-order valence-corrected chi connectivity index (χ4v) is 8.49. The van der Waals surface area contributed by atoms with Gasteiger partial charge in [0.2, 0.25) is 0 Å². The zero-order chi connectivity index (χ0) is 49.9. The Hall–Kier alpha value is -0.960. The zero-order valence-corrected chi connectivity index (χ0v) is 38.6. The van der Waals surface area contributed by atoms with Crippen LogP contribution in [0.1, 0.15) is 47.0 Å². The van der Waals surface area contributed by atoms with Gasteiger partial charge >= 0.3 is 0 Å². The number of aliphatic hydroxyl groups excluding tert-OH is 19. The van der Waals surface area contributed by atoms with Crippen LogP contribution in [-0.2, 0) is 0 Å². The molecule has 5 fully saturated rings. The first-order valence-corrected chi connectivity index (χ1v) is 22.8. The van der Waals surface area contributed by atoms with Gasteiger partial charge in [-0.3, -0.25) is 19.6 Å². The van der Waals surface area contributed by atoms with Crippen molar-refractivity contribution in [3.63, 3.8) is 0 Å². The lowest BCUT2D eigenvalue weighted by Crippen LogP contribution is -2.62. The number of nitrogens with zero attached hydrogens (tertiary/aromatic N) is 4. The van der Waals surface area contributed by atoms with E-state index in [4.69, 9.17) is 25.5 Å². The lowest BCUT2D eigenvalue weighted by Gasteiger charge is -2.43. The monoisotopic (exact) mass is 954 g/mol. The van der Waals surface area contributed by atoms with Crippen molar-refractivity contribution in [2.45, 2.75) is 163 Å². The zero-order valence-electron chi connectivity index (χ0n) is 38.6. The molecule has 20 atom stereocenters. The normalized spacial score (nSPS) is 41.9. The molecule has 5 aliphatic heterocycles. The van der Waals surface area contributed by atoms with Gasteiger partial charge in [-0.25, -0.2) is 0 Å². The maximum absolute atomic E-state index is 9.67. The number of likely N-dealkylation sites (N-methyl/N-ethyl adjacent to an activating group) is 2. The van der Waals surface area contributed by atoms with Gasteiger partial charge in [0.15, 0.2) is 0 Å². The highest BCUT2D eigenvalue weighted by Gasteiger charge is 2.43. The lowest BCUT2D eigenvalue weighted by molar-refractivity contribution is -0.145. The van der Waals surface area contributed by atoms with Crippen molar-refractivity contribution in [2.75, 3.05) is 92.4 Å². The molecule has 0 aromatic carbocycles. The molecular formula is C41H87N5O19. The molecule has 0 spiro atoms. The maximum Gasteiger partial charge on any atom is 0.109 e. The molecule has 5 rings (SSSR count). The molecule has 5 saturated heterocycles. The number of β-amino-alcohol motifs (C(OH)–C–C–N with tert-alkyl or cyclic N) is 4. The predicted molar refractivity (Wildman–Crippen MR) is 234 cm³/mol. The minimum absolute atomic E-state index is 0.0489. The smallest absolute Gasteiger partial charge is 0.109 e. The Balaban J connectivity index is 0.000000408. The van der Waals surface area contributed by atoms with Crippen LogP contribution in [0, 0.1) is 5.92 Å². The fraction of sp³-hybridized carbons (Fsp3) is 1.00. The second kappa shape index (κ2) is 31.3. The van der Waals surface area contributed by atoms with Crippen LogP contribution in [0.15, 0.2) is 0 Å². The summed E-state index contributed by atoms with van der Waals surface area (Å²) in [5, 5.41) is 179. The first-order chi connectivity index (χ1) is 30.6. The summed E-state index contributed by atoms with van der Waals surface area (Å²) in [6.45, 7) is 10.7. The van der Waals surface area contributed by atoms with Crippen LogP contribution in [0.5, 0.6) is 0 Å². The minimum atomic E-state index is -1.15. The van der Waals surface area contributed by atoms with Crippen LogP contribution in [0.3, 0.4) is 0 Å². The van der Waals surface area contributed by atoms with Gasteiger partial charge in [0.1, 0.15) is 48.8 Å². The molecule has 390 valence electrons. The molecular weight excluding hydrogens is 866 g/mol. The number of rotatable bonds is 11. The summed E-state index contributed by atoms with van der Waals surface area (Å²) in [6, 6.07) is -2.25. The third-order valence-electron chi connectivity index (χ3n) is 13.0. The van der Waals surface area contributed by atoms with Gasteiger partial charge < -0.3 is 102 Å². The highest BCUT2D eigenvalue weighted by atomic mass is 16.4. The number of hydrogen-bond donors (Lipinski definition) is 20. The van der Waals surface area contributed by atoms with E-state index >= 15 is 0 Å². The van der Waals surface area contributed by atoms with Crippen LogP contribution >= 0.6 is 0 Å². The number of nitrogens with one attached hydrogen (secondary N) is 1. The quantitative estimate of drug-likeness (QED) is 0.0914. The summed E-state index contributed by atoms with van der Waals surface area (Å²) in [4.78, 5) is 7.03. The number of hydrogen-bond acceptors (Lipinski definition) is 24. The average molecular weight is 954 g/mol. The first-order valence-electron chi connectivity index (χ1n) is 22.8. The van der Waals surface area contributed by atoms with E-state index in [1.165, 1.54) is 0 Å². The molecule has 0 aliphatic carbocycles. The second-order valence-electron chi connectivity index (χ2n) is 17.7. The molecule has 0 saturated carbocycles. The van der Waals surface area contributed by atoms with E-state index in [1.54, 1.807) is 16.8 Å². The molecule has 10 unspecified atom stereocenters.